The molecule has 4 heteroatoms. The smallest absolute Gasteiger partial charge is 0.125 e. The first kappa shape index (κ1) is 9.09. The summed E-state index contributed by atoms with van der Waals surface area (Å²) in [6.07, 6.45) is 0. The average molecular weight is 305 g/mol. The monoisotopic (exact) mass is 303 g/mol. The van der Waals surface area contributed by atoms with Gasteiger partial charge in [0.25, 0.3) is 0 Å². The number of fused-ring (bicyclic) bond motifs is 1. The number of hydrogen-bond acceptors (Lipinski definition) is 1. The van der Waals surface area contributed by atoms with E-state index < -0.39 is 0 Å². The molecule has 0 radical (unpaired) electrons. The van der Waals surface area contributed by atoms with E-state index in [1.807, 2.05) is 6.07 Å². The first-order valence-electron chi connectivity index (χ1n) is 3.58. The molecule has 66 valence electrons. The second-order valence-corrected chi connectivity index (χ2v) is 4.26. The summed E-state index contributed by atoms with van der Waals surface area (Å²) in [5, 5.41) is 0.907. The molecule has 0 bridgehead atoms. The van der Waals surface area contributed by atoms with Crippen LogP contribution in [0.25, 0.3) is 10.9 Å². The van der Waals surface area contributed by atoms with E-state index in [0.29, 0.717) is 10.1 Å². The zero-order chi connectivity index (χ0) is 9.42. The van der Waals surface area contributed by atoms with Crippen molar-refractivity contribution < 1.29 is 4.39 Å². The van der Waals surface area contributed by atoms with Gasteiger partial charge in [-0.1, -0.05) is 0 Å². The molecule has 2 aromatic rings. The van der Waals surface area contributed by atoms with E-state index in [2.05, 4.69) is 36.8 Å². The van der Waals surface area contributed by atoms with E-state index in [9.17, 15) is 4.39 Å². The summed E-state index contributed by atoms with van der Waals surface area (Å²) in [7, 11) is 0. The highest BCUT2D eigenvalue weighted by molar-refractivity contribution is 9.11. The van der Waals surface area contributed by atoms with Crippen LogP contribution >= 0.6 is 31.9 Å². The topological polar surface area (TPSA) is 12.9 Å². The fraction of sp³-hybridized carbons (Fsp3) is 0. The van der Waals surface area contributed by atoms with Crippen LogP contribution in [0.4, 0.5) is 4.39 Å². The van der Waals surface area contributed by atoms with Gasteiger partial charge in [0, 0.05) is 15.9 Å². The van der Waals surface area contributed by atoms with Crippen molar-refractivity contribution in [1.82, 2.24) is 4.98 Å². The van der Waals surface area contributed by atoms with Crippen LogP contribution in [0.1, 0.15) is 0 Å². The molecule has 0 unspecified atom stereocenters. The molecule has 0 saturated heterocycles. The first-order valence-corrected chi connectivity index (χ1v) is 5.17. The van der Waals surface area contributed by atoms with Gasteiger partial charge in [0.15, 0.2) is 0 Å². The lowest BCUT2D eigenvalue weighted by Gasteiger charge is -2.00. The Bertz CT molecular complexity index is 465. The van der Waals surface area contributed by atoms with E-state index in [4.69, 9.17) is 0 Å². The molecule has 0 atom stereocenters. The third kappa shape index (κ3) is 1.74. The van der Waals surface area contributed by atoms with Gasteiger partial charge in [-0.05, 0) is 50.1 Å². The van der Waals surface area contributed by atoms with Gasteiger partial charge in [0.1, 0.15) is 10.4 Å². The summed E-state index contributed by atoms with van der Waals surface area (Å²) in [4.78, 5) is 4.14. The molecule has 1 heterocycles. The number of nitrogens with zero attached hydrogens (tertiary/aromatic N) is 1. The third-order valence-electron chi connectivity index (χ3n) is 1.69. The van der Waals surface area contributed by atoms with Crippen molar-refractivity contribution in [2.24, 2.45) is 0 Å². The number of hydrogen-bond donors (Lipinski definition) is 0. The van der Waals surface area contributed by atoms with Gasteiger partial charge in [0.05, 0.1) is 5.52 Å². The van der Waals surface area contributed by atoms with E-state index >= 15 is 0 Å². The van der Waals surface area contributed by atoms with Crippen LogP contribution in [-0.2, 0) is 0 Å². The van der Waals surface area contributed by atoms with Gasteiger partial charge in [0.2, 0.25) is 0 Å². The number of halogens is 3. The Morgan fingerprint density at radius 2 is 1.92 bits per heavy atom. The van der Waals surface area contributed by atoms with E-state index in [1.165, 1.54) is 12.1 Å². The summed E-state index contributed by atoms with van der Waals surface area (Å²) < 4.78 is 14.4. The predicted molar refractivity (Wildman–Crippen MR) is 57.1 cm³/mol. The summed E-state index contributed by atoms with van der Waals surface area (Å²) in [6.45, 7) is 0. The molecule has 0 spiro atoms. The van der Waals surface area contributed by atoms with Crippen molar-refractivity contribution in [2.45, 2.75) is 0 Å². The Balaban J connectivity index is 2.86. The fourth-order valence-corrected chi connectivity index (χ4v) is 2.41. The van der Waals surface area contributed by atoms with Crippen LogP contribution in [0, 0.1) is 5.82 Å². The minimum absolute atomic E-state index is 0.273. The van der Waals surface area contributed by atoms with E-state index in [1.54, 1.807) is 6.07 Å². The highest BCUT2D eigenvalue weighted by atomic mass is 79.9. The van der Waals surface area contributed by atoms with Crippen molar-refractivity contribution in [1.29, 1.82) is 0 Å². The van der Waals surface area contributed by atoms with Gasteiger partial charge in [-0.3, -0.25) is 0 Å². The predicted octanol–water partition coefficient (Wildman–Crippen LogP) is 3.90. The Hall–Kier alpha value is -0.480. The largest absolute Gasteiger partial charge is 0.241 e. The number of rotatable bonds is 0. The van der Waals surface area contributed by atoms with Crippen LogP contribution in [0.2, 0.25) is 0 Å². The molecule has 0 aliphatic carbocycles. The minimum atomic E-state index is -0.273. The Labute approximate surface area is 91.2 Å². The second kappa shape index (κ2) is 3.35. The molecule has 0 aliphatic heterocycles. The van der Waals surface area contributed by atoms with E-state index in [0.717, 1.165) is 9.86 Å². The number of benzene rings is 1. The maximum atomic E-state index is 12.8. The maximum Gasteiger partial charge on any atom is 0.125 e. The van der Waals surface area contributed by atoms with E-state index in [-0.39, 0.29) is 5.82 Å². The van der Waals surface area contributed by atoms with Gasteiger partial charge >= 0.3 is 0 Å². The van der Waals surface area contributed by atoms with Crippen molar-refractivity contribution in [3.8, 4) is 0 Å². The summed E-state index contributed by atoms with van der Waals surface area (Å²) in [6, 6.07) is 6.36. The highest BCUT2D eigenvalue weighted by Crippen LogP contribution is 2.25. The van der Waals surface area contributed by atoms with Crippen molar-refractivity contribution >= 4 is 42.8 Å². The number of aromatic nitrogens is 1. The van der Waals surface area contributed by atoms with Gasteiger partial charge in [-0.2, -0.15) is 0 Å². The molecule has 0 amide bonds. The van der Waals surface area contributed by atoms with Gasteiger partial charge < -0.3 is 0 Å². The lowest BCUT2D eigenvalue weighted by atomic mass is 10.2. The average Bonchev–Trinajstić information content (AvgIpc) is 2.02. The molecule has 0 saturated carbocycles. The SMILES string of the molecule is Fc1ccc2c(Br)cc(Br)nc2c1. The van der Waals surface area contributed by atoms with Crippen molar-refractivity contribution in [3.05, 3.63) is 39.2 Å². The maximum absolute atomic E-state index is 12.8. The highest BCUT2D eigenvalue weighted by Gasteiger charge is 2.02. The quantitative estimate of drug-likeness (QED) is 0.673. The first-order chi connectivity index (χ1) is 6.16. The van der Waals surface area contributed by atoms with Gasteiger partial charge in [-0.15, -0.1) is 0 Å². The molecule has 2 rings (SSSR count). The van der Waals surface area contributed by atoms with Crippen molar-refractivity contribution in [3.63, 3.8) is 0 Å². The molecule has 0 N–H and O–H groups in total. The molecular weight excluding hydrogens is 301 g/mol. The zero-order valence-electron chi connectivity index (χ0n) is 6.39. The van der Waals surface area contributed by atoms with Crippen LogP contribution in [0.3, 0.4) is 0 Å². The van der Waals surface area contributed by atoms with Crippen LogP contribution < -0.4 is 0 Å². The minimum Gasteiger partial charge on any atom is -0.241 e. The molecule has 1 aromatic heterocycles. The third-order valence-corrected chi connectivity index (χ3v) is 2.75. The molecule has 0 aliphatic rings. The van der Waals surface area contributed by atoms with Crippen molar-refractivity contribution in [2.75, 3.05) is 0 Å². The fourth-order valence-electron chi connectivity index (χ4n) is 1.13. The van der Waals surface area contributed by atoms with Crippen LogP contribution in [0.15, 0.2) is 33.3 Å². The number of pyridine rings is 1. The second-order valence-electron chi connectivity index (χ2n) is 2.59. The molecule has 1 nitrogen and oxygen atoms in total. The van der Waals surface area contributed by atoms with Crippen LogP contribution in [0.5, 0.6) is 0 Å². The molecule has 0 fully saturated rings. The lowest BCUT2D eigenvalue weighted by molar-refractivity contribution is 0.629. The Morgan fingerprint density at radius 3 is 2.69 bits per heavy atom. The molecular formula is C9H4Br2FN. The normalized spacial score (nSPS) is 10.7. The van der Waals surface area contributed by atoms with Crippen LogP contribution in [-0.4, -0.2) is 4.98 Å². The summed E-state index contributed by atoms with van der Waals surface area (Å²) >= 11 is 6.62. The lowest BCUT2D eigenvalue weighted by Crippen LogP contribution is -1.83. The summed E-state index contributed by atoms with van der Waals surface area (Å²) in [5.41, 5.74) is 0.640. The summed E-state index contributed by atoms with van der Waals surface area (Å²) in [5.74, 6) is -0.273. The zero-order valence-corrected chi connectivity index (χ0v) is 9.56. The van der Waals surface area contributed by atoms with Gasteiger partial charge in [-0.25, -0.2) is 9.37 Å². The molecule has 13 heavy (non-hydrogen) atoms. The molecule has 1 aromatic carbocycles. The standard InChI is InChI=1S/C9H4Br2FN/c10-7-4-9(11)13-8-3-5(12)1-2-6(7)8/h1-4H. The Morgan fingerprint density at radius 1 is 1.15 bits per heavy atom. The Kier molecular flexibility index (Phi) is 2.34.